The van der Waals surface area contributed by atoms with Crippen LogP contribution in [0.5, 0.6) is 17.2 Å². The Morgan fingerprint density at radius 2 is 1.75 bits per heavy atom. The van der Waals surface area contributed by atoms with Gasteiger partial charge in [0.05, 0.1) is 7.11 Å². The minimum absolute atomic E-state index is 0.320. The number of ether oxygens (including phenoxy) is 3. The van der Waals surface area contributed by atoms with E-state index in [1.807, 2.05) is 18.2 Å². The second-order valence-corrected chi connectivity index (χ2v) is 5.86. The predicted octanol–water partition coefficient (Wildman–Crippen LogP) is 2.84. The van der Waals surface area contributed by atoms with Crippen molar-refractivity contribution in [3.05, 3.63) is 65.7 Å². The highest BCUT2D eigenvalue weighted by Crippen LogP contribution is 2.32. The molecule has 4 heteroatoms. The SMILES string of the molecule is COc1ccc(C[NH2+]Cc2ccc3c(c2)OCO3)c2ccccc12. The van der Waals surface area contributed by atoms with Crippen LogP contribution in [-0.2, 0) is 13.1 Å². The quantitative estimate of drug-likeness (QED) is 0.785. The molecule has 24 heavy (non-hydrogen) atoms. The maximum Gasteiger partial charge on any atom is 0.231 e. The molecular weight excluding hydrogens is 302 g/mol. The molecule has 122 valence electrons. The fourth-order valence-electron chi connectivity index (χ4n) is 3.15. The zero-order valence-electron chi connectivity index (χ0n) is 13.6. The first-order chi connectivity index (χ1) is 11.8. The molecule has 0 saturated carbocycles. The zero-order chi connectivity index (χ0) is 16.4. The topological polar surface area (TPSA) is 44.3 Å². The van der Waals surface area contributed by atoms with Crippen LogP contribution in [0.2, 0.25) is 0 Å². The number of hydrogen-bond acceptors (Lipinski definition) is 3. The van der Waals surface area contributed by atoms with E-state index < -0.39 is 0 Å². The van der Waals surface area contributed by atoms with E-state index >= 15 is 0 Å². The summed E-state index contributed by atoms with van der Waals surface area (Å²) in [5.74, 6) is 2.60. The molecule has 0 radical (unpaired) electrons. The number of methoxy groups -OCH3 is 1. The summed E-state index contributed by atoms with van der Waals surface area (Å²) < 4.78 is 16.3. The highest BCUT2D eigenvalue weighted by Gasteiger charge is 2.14. The predicted molar refractivity (Wildman–Crippen MR) is 92.4 cm³/mol. The van der Waals surface area contributed by atoms with Crippen LogP contribution < -0.4 is 19.5 Å². The van der Waals surface area contributed by atoms with E-state index in [1.54, 1.807) is 7.11 Å². The fraction of sp³-hybridized carbons (Fsp3) is 0.200. The summed E-state index contributed by atoms with van der Waals surface area (Å²) in [5.41, 5.74) is 2.55. The number of rotatable bonds is 5. The van der Waals surface area contributed by atoms with Crippen LogP contribution >= 0.6 is 0 Å². The van der Waals surface area contributed by atoms with Gasteiger partial charge >= 0.3 is 0 Å². The van der Waals surface area contributed by atoms with Crippen molar-refractivity contribution in [2.75, 3.05) is 13.9 Å². The Labute approximate surface area is 141 Å². The summed E-state index contributed by atoms with van der Waals surface area (Å²) in [6, 6.07) is 18.7. The van der Waals surface area contributed by atoms with Gasteiger partial charge < -0.3 is 19.5 Å². The normalized spacial score (nSPS) is 12.5. The molecule has 2 N–H and O–H groups in total. The number of hydrogen-bond donors (Lipinski definition) is 1. The first-order valence-corrected chi connectivity index (χ1v) is 8.10. The standard InChI is InChI=1S/C20H19NO3/c1-22-18-9-7-15(16-4-2-3-5-17(16)18)12-21-11-14-6-8-19-20(10-14)24-13-23-19/h2-10,21H,11-13H2,1H3/p+1. The van der Waals surface area contributed by atoms with Gasteiger partial charge in [0.1, 0.15) is 18.8 Å². The maximum absolute atomic E-state index is 5.46. The average Bonchev–Trinajstić information content (AvgIpc) is 3.09. The van der Waals surface area contributed by atoms with E-state index in [9.17, 15) is 0 Å². The molecule has 3 aromatic carbocycles. The summed E-state index contributed by atoms with van der Waals surface area (Å²) >= 11 is 0. The molecule has 4 nitrogen and oxygen atoms in total. The van der Waals surface area contributed by atoms with Crippen molar-refractivity contribution in [1.29, 1.82) is 0 Å². The van der Waals surface area contributed by atoms with Crippen molar-refractivity contribution in [3.8, 4) is 17.2 Å². The Kier molecular flexibility index (Phi) is 3.97. The molecule has 0 aliphatic carbocycles. The zero-order valence-corrected chi connectivity index (χ0v) is 13.6. The largest absolute Gasteiger partial charge is 0.496 e. The molecule has 0 aromatic heterocycles. The number of nitrogens with two attached hydrogens (primary N) is 1. The third kappa shape index (κ3) is 2.76. The van der Waals surface area contributed by atoms with Gasteiger partial charge in [-0.2, -0.15) is 0 Å². The molecule has 4 rings (SSSR count). The van der Waals surface area contributed by atoms with Gasteiger partial charge in [-0.15, -0.1) is 0 Å². The molecule has 3 aromatic rings. The van der Waals surface area contributed by atoms with E-state index in [4.69, 9.17) is 14.2 Å². The second-order valence-electron chi connectivity index (χ2n) is 5.86. The van der Waals surface area contributed by atoms with Gasteiger partial charge in [-0.25, -0.2) is 0 Å². The molecule has 1 aliphatic rings. The average molecular weight is 322 g/mol. The van der Waals surface area contributed by atoms with Gasteiger partial charge in [-0.05, 0) is 35.7 Å². The van der Waals surface area contributed by atoms with Gasteiger partial charge in [-0.3, -0.25) is 0 Å². The molecule has 0 unspecified atom stereocenters. The number of benzene rings is 3. The molecule has 0 saturated heterocycles. The van der Waals surface area contributed by atoms with Gasteiger partial charge in [0.25, 0.3) is 0 Å². The van der Waals surface area contributed by atoms with Gasteiger partial charge in [-0.1, -0.05) is 24.3 Å². The third-order valence-electron chi connectivity index (χ3n) is 4.38. The molecule has 0 bridgehead atoms. The summed E-state index contributed by atoms with van der Waals surface area (Å²) in [6.45, 7) is 2.14. The lowest BCUT2D eigenvalue weighted by Gasteiger charge is -2.10. The van der Waals surface area contributed by atoms with E-state index in [0.29, 0.717) is 6.79 Å². The highest BCUT2D eigenvalue weighted by molar-refractivity contribution is 5.90. The summed E-state index contributed by atoms with van der Waals surface area (Å²) in [7, 11) is 1.72. The minimum atomic E-state index is 0.320. The molecule has 0 atom stereocenters. The van der Waals surface area contributed by atoms with Crippen molar-refractivity contribution in [2.24, 2.45) is 0 Å². The molecule has 0 spiro atoms. The van der Waals surface area contributed by atoms with Crippen LogP contribution in [0.4, 0.5) is 0 Å². The van der Waals surface area contributed by atoms with E-state index in [2.05, 4.69) is 41.7 Å². The van der Waals surface area contributed by atoms with Crippen molar-refractivity contribution in [3.63, 3.8) is 0 Å². The van der Waals surface area contributed by atoms with E-state index in [-0.39, 0.29) is 0 Å². The lowest BCUT2D eigenvalue weighted by atomic mass is 10.0. The van der Waals surface area contributed by atoms with Gasteiger partial charge in [0.2, 0.25) is 6.79 Å². The molecule has 0 amide bonds. The van der Waals surface area contributed by atoms with Crippen LogP contribution in [0, 0.1) is 0 Å². The number of quaternary nitrogens is 1. The van der Waals surface area contributed by atoms with Crippen molar-refractivity contribution < 1.29 is 19.5 Å². The second kappa shape index (κ2) is 6.42. The number of fused-ring (bicyclic) bond motifs is 2. The Balaban J connectivity index is 1.49. The summed E-state index contributed by atoms with van der Waals surface area (Å²) in [5, 5.41) is 4.71. The van der Waals surface area contributed by atoms with E-state index in [1.165, 1.54) is 16.5 Å². The van der Waals surface area contributed by atoms with Crippen molar-refractivity contribution >= 4 is 10.8 Å². The lowest BCUT2D eigenvalue weighted by Crippen LogP contribution is -2.80. The molecule has 1 aliphatic heterocycles. The lowest BCUT2D eigenvalue weighted by molar-refractivity contribution is -0.686. The molecule has 0 fully saturated rings. The van der Waals surface area contributed by atoms with Crippen LogP contribution in [0.1, 0.15) is 11.1 Å². The van der Waals surface area contributed by atoms with Crippen LogP contribution in [-0.4, -0.2) is 13.9 Å². The van der Waals surface area contributed by atoms with Crippen molar-refractivity contribution in [1.82, 2.24) is 0 Å². The minimum Gasteiger partial charge on any atom is -0.496 e. The Morgan fingerprint density at radius 1 is 0.917 bits per heavy atom. The van der Waals surface area contributed by atoms with Crippen LogP contribution in [0.15, 0.2) is 54.6 Å². The van der Waals surface area contributed by atoms with Crippen LogP contribution in [0.3, 0.4) is 0 Å². The van der Waals surface area contributed by atoms with Gasteiger partial charge in [0.15, 0.2) is 11.5 Å². The highest BCUT2D eigenvalue weighted by atomic mass is 16.7. The van der Waals surface area contributed by atoms with Gasteiger partial charge in [0, 0.05) is 16.5 Å². The fourth-order valence-corrected chi connectivity index (χ4v) is 3.15. The van der Waals surface area contributed by atoms with Crippen LogP contribution in [0.25, 0.3) is 10.8 Å². The van der Waals surface area contributed by atoms with Crippen molar-refractivity contribution in [2.45, 2.75) is 13.1 Å². The Bertz CT molecular complexity index is 876. The third-order valence-corrected chi connectivity index (χ3v) is 4.38. The first-order valence-electron chi connectivity index (χ1n) is 8.10. The van der Waals surface area contributed by atoms with E-state index in [0.717, 1.165) is 35.7 Å². The Hall–Kier alpha value is -2.72. The monoisotopic (exact) mass is 322 g/mol. The summed E-state index contributed by atoms with van der Waals surface area (Å²) in [6.07, 6.45) is 0. The first kappa shape index (κ1) is 14.8. The smallest absolute Gasteiger partial charge is 0.231 e. The maximum atomic E-state index is 5.46. The molecular formula is C20H20NO3+. The molecule has 1 heterocycles. The Morgan fingerprint density at radius 3 is 2.62 bits per heavy atom. The summed E-state index contributed by atoms with van der Waals surface area (Å²) in [4.78, 5) is 0.